The summed E-state index contributed by atoms with van der Waals surface area (Å²) in [7, 11) is 0. The summed E-state index contributed by atoms with van der Waals surface area (Å²) in [6.45, 7) is 2.70. The summed E-state index contributed by atoms with van der Waals surface area (Å²) in [5.74, 6) is -2.64. The van der Waals surface area contributed by atoms with E-state index < -0.39 is 23.4 Å². The van der Waals surface area contributed by atoms with Gasteiger partial charge in [-0.25, -0.2) is 8.78 Å². The number of likely N-dealkylation sites (tertiary alicyclic amines) is 1. The Labute approximate surface area is 145 Å². The van der Waals surface area contributed by atoms with Crippen LogP contribution in [0.4, 0.5) is 14.5 Å². The molecular weight excluding hydrogens is 328 g/mol. The first-order valence-corrected chi connectivity index (χ1v) is 8.80. The van der Waals surface area contributed by atoms with Crippen molar-refractivity contribution >= 4 is 17.5 Å². The molecule has 3 rings (SSSR count). The normalized spacial score (nSPS) is 21.4. The number of anilines is 1. The number of benzene rings is 1. The lowest BCUT2D eigenvalue weighted by Gasteiger charge is -2.20. The summed E-state index contributed by atoms with van der Waals surface area (Å²) in [5, 5.41) is 4.87. The fraction of sp³-hybridized carbons (Fsp3) is 0.556. The minimum atomic E-state index is -0.945. The zero-order chi connectivity index (χ0) is 17.8. The maximum absolute atomic E-state index is 13.5. The van der Waals surface area contributed by atoms with Gasteiger partial charge in [0, 0.05) is 31.7 Å². The Hall–Kier alpha value is -2.02. The molecule has 0 aromatic heterocycles. The number of nitrogens with zero attached hydrogens (tertiary/aromatic N) is 1. The van der Waals surface area contributed by atoms with Gasteiger partial charge in [0.2, 0.25) is 0 Å². The van der Waals surface area contributed by atoms with Crippen LogP contribution in [0.1, 0.15) is 32.1 Å². The largest absolute Gasteiger partial charge is 0.344 e. The molecule has 0 radical (unpaired) electrons. The minimum Gasteiger partial charge on any atom is -0.344 e. The molecule has 1 aromatic rings. The molecule has 0 bridgehead atoms. The van der Waals surface area contributed by atoms with Crippen molar-refractivity contribution in [1.29, 1.82) is 0 Å². The highest BCUT2D eigenvalue weighted by atomic mass is 19.1. The lowest BCUT2D eigenvalue weighted by atomic mass is 10.1. The Morgan fingerprint density at radius 2 is 1.88 bits per heavy atom. The summed E-state index contributed by atoms with van der Waals surface area (Å²) < 4.78 is 26.4. The lowest BCUT2D eigenvalue weighted by molar-refractivity contribution is -0.136. The third-order valence-electron chi connectivity index (χ3n) is 4.98. The molecule has 1 saturated carbocycles. The zero-order valence-electron chi connectivity index (χ0n) is 14.1. The molecule has 1 aliphatic carbocycles. The molecule has 25 heavy (non-hydrogen) atoms. The zero-order valence-corrected chi connectivity index (χ0v) is 14.1. The van der Waals surface area contributed by atoms with Crippen LogP contribution in [0.5, 0.6) is 0 Å². The summed E-state index contributed by atoms with van der Waals surface area (Å²) in [4.78, 5) is 26.2. The number of carbonyl (C=O) groups excluding carboxylic acids is 2. The maximum atomic E-state index is 13.5. The van der Waals surface area contributed by atoms with Crippen molar-refractivity contribution < 1.29 is 18.4 Å². The molecule has 2 N–H and O–H groups in total. The Morgan fingerprint density at radius 3 is 2.60 bits per heavy atom. The van der Waals surface area contributed by atoms with Crippen LogP contribution < -0.4 is 10.6 Å². The Balaban J connectivity index is 1.46. The van der Waals surface area contributed by atoms with Gasteiger partial charge >= 0.3 is 11.8 Å². The molecule has 5 nitrogen and oxygen atoms in total. The summed E-state index contributed by atoms with van der Waals surface area (Å²) in [6.07, 6.45) is 5.96. The Morgan fingerprint density at radius 1 is 1.12 bits per heavy atom. The van der Waals surface area contributed by atoms with Crippen molar-refractivity contribution in [3.63, 3.8) is 0 Å². The molecule has 136 valence electrons. The van der Waals surface area contributed by atoms with Gasteiger partial charge in [-0.05, 0) is 37.3 Å². The van der Waals surface area contributed by atoms with Crippen LogP contribution in [0, 0.1) is 17.6 Å². The van der Waals surface area contributed by atoms with Crippen LogP contribution in [-0.2, 0) is 9.59 Å². The molecule has 1 heterocycles. The molecule has 7 heteroatoms. The number of nitrogens with one attached hydrogen (secondary N) is 2. The average Bonchev–Trinajstić information content (AvgIpc) is 3.22. The van der Waals surface area contributed by atoms with E-state index in [-0.39, 0.29) is 11.7 Å². The van der Waals surface area contributed by atoms with E-state index in [0.29, 0.717) is 6.07 Å². The number of hydrogen-bond donors (Lipinski definition) is 2. The van der Waals surface area contributed by atoms with Gasteiger partial charge in [-0.3, -0.25) is 9.59 Å². The van der Waals surface area contributed by atoms with Crippen molar-refractivity contribution in [1.82, 2.24) is 10.2 Å². The summed E-state index contributed by atoms with van der Waals surface area (Å²) in [5.41, 5.74) is -0.212. The van der Waals surface area contributed by atoms with Crippen LogP contribution in [0.15, 0.2) is 18.2 Å². The molecule has 1 aromatic carbocycles. The second kappa shape index (κ2) is 7.91. The van der Waals surface area contributed by atoms with Gasteiger partial charge in [-0.1, -0.05) is 12.8 Å². The van der Waals surface area contributed by atoms with Crippen LogP contribution in [0.25, 0.3) is 0 Å². The molecule has 0 spiro atoms. The fourth-order valence-electron chi connectivity index (χ4n) is 3.70. The number of carbonyl (C=O) groups is 2. The number of hydrogen-bond acceptors (Lipinski definition) is 3. The number of halogens is 2. The average molecular weight is 351 g/mol. The van der Waals surface area contributed by atoms with E-state index in [1.165, 1.54) is 25.7 Å². The van der Waals surface area contributed by atoms with Crippen molar-refractivity contribution in [2.75, 3.05) is 25.0 Å². The highest BCUT2D eigenvalue weighted by molar-refractivity contribution is 6.39. The topological polar surface area (TPSA) is 61.4 Å². The molecule has 1 unspecified atom stereocenters. The summed E-state index contributed by atoms with van der Waals surface area (Å²) in [6, 6.07) is 2.70. The van der Waals surface area contributed by atoms with E-state index in [1.807, 2.05) is 0 Å². The predicted octanol–water partition coefficient (Wildman–Crippen LogP) is 2.28. The van der Waals surface area contributed by atoms with Gasteiger partial charge in [0.05, 0.1) is 5.69 Å². The molecule has 1 atom stereocenters. The second-order valence-electron chi connectivity index (χ2n) is 6.95. The maximum Gasteiger partial charge on any atom is 0.313 e. The van der Waals surface area contributed by atoms with Crippen LogP contribution in [-0.4, -0.2) is 42.4 Å². The second-order valence-corrected chi connectivity index (χ2v) is 6.95. The standard InChI is InChI=1S/C18H23F2N3O2/c19-13-5-6-16(15(20)9-13)22-18(25)17(24)21-14-7-8-23(11-14)10-12-3-1-2-4-12/h5-6,9,12,14H,1-4,7-8,10-11H2,(H,21,24)(H,22,25). The monoisotopic (exact) mass is 351 g/mol. The van der Waals surface area contributed by atoms with Crippen LogP contribution >= 0.6 is 0 Å². The first-order chi connectivity index (χ1) is 12.0. The quantitative estimate of drug-likeness (QED) is 0.818. The molecule has 2 fully saturated rings. The van der Waals surface area contributed by atoms with Crippen LogP contribution in [0.3, 0.4) is 0 Å². The van der Waals surface area contributed by atoms with E-state index in [2.05, 4.69) is 15.5 Å². The van der Waals surface area contributed by atoms with Gasteiger partial charge in [0.1, 0.15) is 11.6 Å². The molecule has 1 saturated heterocycles. The van der Waals surface area contributed by atoms with Gasteiger partial charge in [0.15, 0.2) is 0 Å². The van der Waals surface area contributed by atoms with Gasteiger partial charge in [-0.2, -0.15) is 0 Å². The van der Waals surface area contributed by atoms with E-state index >= 15 is 0 Å². The first-order valence-electron chi connectivity index (χ1n) is 8.80. The van der Waals surface area contributed by atoms with E-state index in [4.69, 9.17) is 0 Å². The Bertz CT molecular complexity index is 647. The van der Waals surface area contributed by atoms with E-state index in [0.717, 1.165) is 44.1 Å². The Kier molecular flexibility index (Phi) is 5.63. The summed E-state index contributed by atoms with van der Waals surface area (Å²) >= 11 is 0. The highest BCUT2D eigenvalue weighted by Gasteiger charge is 2.28. The van der Waals surface area contributed by atoms with Crippen molar-refractivity contribution in [3.05, 3.63) is 29.8 Å². The smallest absolute Gasteiger partial charge is 0.313 e. The predicted molar refractivity (Wildman–Crippen MR) is 89.9 cm³/mol. The number of amides is 2. The van der Waals surface area contributed by atoms with E-state index in [9.17, 15) is 18.4 Å². The number of rotatable bonds is 4. The van der Waals surface area contributed by atoms with Gasteiger partial charge < -0.3 is 15.5 Å². The molecule has 2 amide bonds. The van der Waals surface area contributed by atoms with Crippen molar-refractivity contribution in [3.8, 4) is 0 Å². The van der Waals surface area contributed by atoms with E-state index in [1.54, 1.807) is 0 Å². The molecule has 2 aliphatic rings. The molecular formula is C18H23F2N3O2. The first kappa shape index (κ1) is 17.8. The SMILES string of the molecule is O=C(Nc1ccc(F)cc1F)C(=O)NC1CCN(CC2CCCC2)C1. The van der Waals surface area contributed by atoms with Crippen LogP contribution in [0.2, 0.25) is 0 Å². The third kappa shape index (κ3) is 4.75. The van der Waals surface area contributed by atoms with Crippen molar-refractivity contribution in [2.45, 2.75) is 38.1 Å². The molecule has 1 aliphatic heterocycles. The van der Waals surface area contributed by atoms with Gasteiger partial charge in [-0.15, -0.1) is 0 Å². The fourth-order valence-corrected chi connectivity index (χ4v) is 3.70. The van der Waals surface area contributed by atoms with Gasteiger partial charge in [0.25, 0.3) is 0 Å². The highest BCUT2D eigenvalue weighted by Crippen LogP contribution is 2.26. The lowest BCUT2D eigenvalue weighted by Crippen LogP contribution is -2.43. The van der Waals surface area contributed by atoms with Crippen molar-refractivity contribution in [2.24, 2.45) is 5.92 Å². The third-order valence-corrected chi connectivity index (χ3v) is 4.98. The minimum absolute atomic E-state index is 0.0716.